The highest BCUT2D eigenvalue weighted by Crippen LogP contribution is 2.26. The molecule has 1 aliphatic heterocycles. The standard InChI is InChI=1S/C27H41N5O5S2/c28-20(16-18-8-6-14-38-18)24-27(37-24)32-22(26(36)31-12-4-1-2-11-23(33)34)10-3-5-13-30-25(35)21(29)17-19-9-7-15-39-19/h6-9,14-15,20-22,24,27,32H,1-5,10-13,16-17,28-29H2,(H,30,35)(H,31,36)(H,33,34). The number of rotatable bonds is 20. The van der Waals surface area contributed by atoms with Gasteiger partial charge in [0.2, 0.25) is 11.8 Å². The summed E-state index contributed by atoms with van der Waals surface area (Å²) in [5.41, 5.74) is 12.4. The molecule has 1 aliphatic rings. The average molecular weight is 580 g/mol. The Morgan fingerprint density at radius 1 is 0.897 bits per heavy atom. The largest absolute Gasteiger partial charge is 0.481 e. The van der Waals surface area contributed by atoms with Crippen LogP contribution in [0.3, 0.4) is 0 Å². The van der Waals surface area contributed by atoms with Gasteiger partial charge >= 0.3 is 5.97 Å². The maximum atomic E-state index is 13.0. The van der Waals surface area contributed by atoms with Gasteiger partial charge < -0.3 is 31.9 Å². The predicted octanol–water partition coefficient (Wildman–Crippen LogP) is 1.98. The van der Waals surface area contributed by atoms with Gasteiger partial charge in [-0.25, -0.2) is 0 Å². The molecule has 0 radical (unpaired) electrons. The molecule has 2 aromatic rings. The highest BCUT2D eigenvalue weighted by Gasteiger charge is 2.45. The van der Waals surface area contributed by atoms with E-state index in [2.05, 4.69) is 22.0 Å². The van der Waals surface area contributed by atoms with Gasteiger partial charge in [-0.2, -0.15) is 0 Å². The molecule has 0 spiro atoms. The molecule has 8 N–H and O–H groups in total. The maximum absolute atomic E-state index is 13.0. The van der Waals surface area contributed by atoms with Crippen LogP contribution in [-0.4, -0.2) is 66.4 Å². The van der Waals surface area contributed by atoms with Crippen LogP contribution in [0.4, 0.5) is 0 Å². The molecule has 3 heterocycles. The van der Waals surface area contributed by atoms with Gasteiger partial charge in [-0.1, -0.05) is 18.6 Å². The third kappa shape index (κ3) is 11.7. The zero-order chi connectivity index (χ0) is 28.0. The lowest BCUT2D eigenvalue weighted by atomic mass is 10.1. The van der Waals surface area contributed by atoms with Crippen molar-refractivity contribution >= 4 is 40.5 Å². The number of carboxylic acid groups (broad SMARTS) is 1. The molecular weight excluding hydrogens is 538 g/mol. The number of thiophene rings is 2. The van der Waals surface area contributed by atoms with E-state index in [1.807, 2.05) is 29.0 Å². The number of carbonyl (C=O) groups excluding carboxylic acids is 2. The lowest BCUT2D eigenvalue weighted by Crippen LogP contribution is -2.47. The average Bonchev–Trinajstić information content (AvgIpc) is 3.23. The van der Waals surface area contributed by atoms with Gasteiger partial charge in [-0.15, -0.1) is 22.7 Å². The van der Waals surface area contributed by atoms with Crippen molar-refractivity contribution in [2.75, 3.05) is 13.1 Å². The molecule has 3 rings (SSSR count). The fraction of sp³-hybridized carbons (Fsp3) is 0.593. The number of nitrogens with two attached hydrogens (primary N) is 2. The molecule has 0 aliphatic carbocycles. The summed E-state index contributed by atoms with van der Waals surface area (Å²) in [7, 11) is 0. The topological polar surface area (TPSA) is 172 Å². The van der Waals surface area contributed by atoms with Crippen LogP contribution in [0.25, 0.3) is 0 Å². The second-order valence-corrected chi connectivity index (χ2v) is 11.9. The second-order valence-electron chi connectivity index (χ2n) is 9.86. The van der Waals surface area contributed by atoms with Gasteiger partial charge in [0.1, 0.15) is 12.3 Å². The van der Waals surface area contributed by atoms with Crippen LogP contribution in [0.2, 0.25) is 0 Å². The Hall–Kier alpha value is -2.35. The van der Waals surface area contributed by atoms with Crippen molar-refractivity contribution in [2.24, 2.45) is 11.5 Å². The van der Waals surface area contributed by atoms with Gasteiger partial charge in [0, 0.05) is 41.7 Å². The van der Waals surface area contributed by atoms with Crippen LogP contribution in [0.5, 0.6) is 0 Å². The zero-order valence-corrected chi connectivity index (χ0v) is 23.8. The molecule has 2 aromatic heterocycles. The summed E-state index contributed by atoms with van der Waals surface area (Å²) in [4.78, 5) is 38.2. The first-order valence-electron chi connectivity index (χ1n) is 13.6. The minimum atomic E-state index is -0.805. The number of carboxylic acids is 1. The summed E-state index contributed by atoms with van der Waals surface area (Å²) >= 11 is 3.25. The summed E-state index contributed by atoms with van der Waals surface area (Å²) in [6.07, 6.45) is 5.02. The van der Waals surface area contributed by atoms with Crippen LogP contribution in [0.15, 0.2) is 35.0 Å². The fourth-order valence-electron chi connectivity index (χ4n) is 4.32. The molecule has 5 atom stereocenters. The van der Waals surface area contributed by atoms with E-state index in [0.29, 0.717) is 38.8 Å². The molecule has 12 heteroatoms. The molecular formula is C27H41N5O5S2. The highest BCUT2D eigenvalue weighted by molar-refractivity contribution is 7.10. The van der Waals surface area contributed by atoms with Crippen LogP contribution in [-0.2, 0) is 32.0 Å². The van der Waals surface area contributed by atoms with Gasteiger partial charge in [0.15, 0.2) is 0 Å². The predicted molar refractivity (Wildman–Crippen MR) is 154 cm³/mol. The summed E-state index contributed by atoms with van der Waals surface area (Å²) in [5.74, 6) is -1.09. The third-order valence-corrected chi connectivity index (χ3v) is 8.37. The van der Waals surface area contributed by atoms with Crippen LogP contribution >= 0.6 is 22.7 Å². The van der Waals surface area contributed by atoms with Crippen molar-refractivity contribution in [3.05, 3.63) is 44.8 Å². The van der Waals surface area contributed by atoms with Gasteiger partial charge in [-0.3, -0.25) is 19.7 Å². The van der Waals surface area contributed by atoms with Crippen molar-refractivity contribution in [2.45, 2.75) is 88.2 Å². The summed E-state index contributed by atoms with van der Waals surface area (Å²) < 4.78 is 5.78. The molecule has 0 bridgehead atoms. The Labute approximate surface area is 237 Å². The summed E-state index contributed by atoms with van der Waals surface area (Å²) in [6.45, 7) is 0.977. The smallest absolute Gasteiger partial charge is 0.303 e. The number of hydrogen-bond acceptors (Lipinski definition) is 9. The van der Waals surface area contributed by atoms with Crippen molar-refractivity contribution in [3.63, 3.8) is 0 Å². The third-order valence-electron chi connectivity index (χ3n) is 6.57. The van der Waals surface area contributed by atoms with E-state index < -0.39 is 18.1 Å². The molecule has 1 saturated heterocycles. The van der Waals surface area contributed by atoms with E-state index in [-0.39, 0.29) is 36.6 Å². The van der Waals surface area contributed by atoms with E-state index in [9.17, 15) is 14.4 Å². The molecule has 0 aromatic carbocycles. The van der Waals surface area contributed by atoms with E-state index in [0.717, 1.165) is 30.6 Å². The van der Waals surface area contributed by atoms with Crippen molar-refractivity contribution in [1.82, 2.24) is 16.0 Å². The lowest BCUT2D eigenvalue weighted by Gasteiger charge is -2.18. The van der Waals surface area contributed by atoms with E-state index in [4.69, 9.17) is 21.3 Å². The van der Waals surface area contributed by atoms with Crippen LogP contribution in [0.1, 0.15) is 54.7 Å². The van der Waals surface area contributed by atoms with Gasteiger partial charge in [0.05, 0.1) is 12.1 Å². The van der Waals surface area contributed by atoms with Gasteiger partial charge in [-0.05, 0) is 61.4 Å². The molecule has 10 nitrogen and oxygen atoms in total. The number of ether oxygens (including phenoxy) is 1. The Kier molecular flexibility index (Phi) is 13.3. The molecule has 216 valence electrons. The van der Waals surface area contributed by atoms with Crippen LogP contribution in [0, 0.1) is 0 Å². The quantitative estimate of drug-likeness (QED) is 0.102. The van der Waals surface area contributed by atoms with E-state index in [1.54, 1.807) is 22.7 Å². The number of hydrogen-bond donors (Lipinski definition) is 6. The summed E-state index contributed by atoms with van der Waals surface area (Å²) in [5, 5.41) is 21.9. The minimum Gasteiger partial charge on any atom is -0.481 e. The lowest BCUT2D eigenvalue weighted by molar-refractivity contribution is -0.137. The molecule has 39 heavy (non-hydrogen) atoms. The molecule has 1 fully saturated rings. The number of nitrogens with one attached hydrogen (secondary N) is 3. The van der Waals surface area contributed by atoms with Crippen LogP contribution < -0.4 is 27.4 Å². The highest BCUT2D eigenvalue weighted by atomic mass is 32.1. The molecule has 5 unspecified atom stereocenters. The number of epoxide rings is 1. The monoisotopic (exact) mass is 579 g/mol. The molecule has 2 amide bonds. The zero-order valence-electron chi connectivity index (χ0n) is 22.2. The van der Waals surface area contributed by atoms with Crippen molar-refractivity contribution < 1.29 is 24.2 Å². The Balaban J connectivity index is 1.39. The van der Waals surface area contributed by atoms with Gasteiger partial charge in [0.25, 0.3) is 0 Å². The molecule has 0 saturated carbocycles. The fourth-order valence-corrected chi connectivity index (χ4v) is 5.86. The van der Waals surface area contributed by atoms with E-state index in [1.165, 1.54) is 4.88 Å². The Bertz CT molecular complexity index is 1000. The van der Waals surface area contributed by atoms with E-state index >= 15 is 0 Å². The van der Waals surface area contributed by atoms with Crippen molar-refractivity contribution in [3.8, 4) is 0 Å². The first kappa shape index (κ1) is 31.2. The van der Waals surface area contributed by atoms with Crippen molar-refractivity contribution in [1.29, 1.82) is 0 Å². The number of aliphatic carboxylic acids is 1. The Morgan fingerprint density at radius 3 is 2.18 bits per heavy atom. The number of unbranched alkanes of at least 4 members (excludes halogenated alkanes) is 3. The minimum absolute atomic E-state index is 0.115. The number of carbonyl (C=O) groups is 3. The second kappa shape index (κ2) is 16.7. The normalized spacial score (nSPS) is 18.7. The SMILES string of the molecule is NC(Cc1cccs1)C(=O)NCCCCC(NC1OC1C(N)Cc1cccs1)C(=O)NCCCCCC(=O)O. The Morgan fingerprint density at radius 2 is 1.54 bits per heavy atom. The summed E-state index contributed by atoms with van der Waals surface area (Å²) in [6, 6.07) is 6.76. The first-order valence-corrected chi connectivity index (χ1v) is 15.3. The number of amides is 2. The first-order chi connectivity index (χ1) is 18.8. The maximum Gasteiger partial charge on any atom is 0.303 e.